The molecule has 0 unspecified atom stereocenters. The Labute approximate surface area is 131 Å². The van der Waals surface area contributed by atoms with Crippen LogP contribution >= 0.6 is 0 Å². The number of halogens is 3. The predicted molar refractivity (Wildman–Crippen MR) is 74.8 cm³/mol. The molecule has 1 aromatic rings. The van der Waals surface area contributed by atoms with Gasteiger partial charge < -0.3 is 19.5 Å². The van der Waals surface area contributed by atoms with Crippen molar-refractivity contribution in [2.45, 2.75) is 31.3 Å². The molecule has 1 heterocycles. The van der Waals surface area contributed by atoms with E-state index in [1.165, 1.54) is 24.3 Å². The third kappa shape index (κ3) is 4.84. The van der Waals surface area contributed by atoms with Crippen molar-refractivity contribution in [2.24, 2.45) is 0 Å². The quantitative estimate of drug-likeness (QED) is 0.892. The maximum absolute atomic E-state index is 12.3. The standard InChI is InChI=1S/C15H18F3NO4/c1-22-13-7-11(9-20)19(8-13)14(21)6-10-2-4-12(5-3-10)23-15(16,17)18/h2-5,11,13,20H,6-9H2,1H3/t11-,13+/m0/s1. The first-order valence-electron chi connectivity index (χ1n) is 7.10. The number of nitrogens with zero attached hydrogens (tertiary/aromatic N) is 1. The summed E-state index contributed by atoms with van der Waals surface area (Å²) in [6, 6.07) is 4.87. The van der Waals surface area contributed by atoms with E-state index in [-0.39, 0.29) is 36.8 Å². The summed E-state index contributed by atoms with van der Waals surface area (Å²) >= 11 is 0. The van der Waals surface area contributed by atoms with Crippen LogP contribution in [0.4, 0.5) is 13.2 Å². The number of ether oxygens (including phenoxy) is 2. The normalized spacial score (nSPS) is 21.5. The molecular weight excluding hydrogens is 315 g/mol. The molecule has 1 amide bonds. The Morgan fingerprint density at radius 1 is 1.35 bits per heavy atom. The van der Waals surface area contributed by atoms with E-state index in [1.807, 2.05) is 0 Å². The third-order valence-corrected chi connectivity index (χ3v) is 3.75. The summed E-state index contributed by atoms with van der Waals surface area (Å²) < 4.78 is 45.3. The van der Waals surface area contributed by atoms with E-state index in [2.05, 4.69) is 4.74 Å². The Morgan fingerprint density at radius 3 is 2.52 bits per heavy atom. The van der Waals surface area contributed by atoms with E-state index in [4.69, 9.17) is 4.74 Å². The fraction of sp³-hybridized carbons (Fsp3) is 0.533. The molecule has 0 saturated carbocycles. The van der Waals surface area contributed by atoms with E-state index < -0.39 is 6.36 Å². The lowest BCUT2D eigenvalue weighted by atomic mass is 10.1. The largest absolute Gasteiger partial charge is 0.573 e. The van der Waals surface area contributed by atoms with Crippen LogP contribution in [0.2, 0.25) is 0 Å². The van der Waals surface area contributed by atoms with Crippen LogP contribution in [0.25, 0.3) is 0 Å². The zero-order chi connectivity index (χ0) is 17.0. The molecule has 5 nitrogen and oxygen atoms in total. The number of rotatable bonds is 5. The van der Waals surface area contributed by atoms with Crippen LogP contribution in [0.3, 0.4) is 0 Å². The monoisotopic (exact) mass is 333 g/mol. The summed E-state index contributed by atoms with van der Waals surface area (Å²) in [7, 11) is 1.55. The molecule has 0 bridgehead atoms. The molecule has 1 aromatic carbocycles. The molecular formula is C15H18F3NO4. The van der Waals surface area contributed by atoms with E-state index in [9.17, 15) is 23.1 Å². The number of benzene rings is 1. The van der Waals surface area contributed by atoms with Crippen molar-refractivity contribution in [3.8, 4) is 5.75 Å². The lowest BCUT2D eigenvalue weighted by Gasteiger charge is -2.22. The van der Waals surface area contributed by atoms with E-state index in [0.29, 0.717) is 18.5 Å². The minimum absolute atomic E-state index is 0.0409. The number of hydrogen-bond donors (Lipinski definition) is 1. The number of hydrogen-bond acceptors (Lipinski definition) is 4. The Morgan fingerprint density at radius 2 is 2.00 bits per heavy atom. The van der Waals surface area contributed by atoms with Gasteiger partial charge in [-0.3, -0.25) is 4.79 Å². The molecule has 8 heteroatoms. The van der Waals surface area contributed by atoms with Crippen LogP contribution in [-0.2, 0) is 16.0 Å². The number of methoxy groups -OCH3 is 1. The predicted octanol–water partition coefficient (Wildman–Crippen LogP) is 1.74. The molecule has 1 fully saturated rings. The summed E-state index contributed by atoms with van der Waals surface area (Å²) in [4.78, 5) is 13.9. The molecule has 1 saturated heterocycles. The average Bonchev–Trinajstić information content (AvgIpc) is 2.91. The van der Waals surface area contributed by atoms with Crippen molar-refractivity contribution in [1.29, 1.82) is 0 Å². The molecule has 0 aliphatic carbocycles. The maximum Gasteiger partial charge on any atom is 0.573 e. The van der Waals surface area contributed by atoms with Crippen LogP contribution in [-0.4, -0.2) is 54.7 Å². The van der Waals surface area contributed by atoms with Gasteiger partial charge in [-0.2, -0.15) is 0 Å². The molecule has 0 aromatic heterocycles. The minimum atomic E-state index is -4.74. The maximum atomic E-state index is 12.3. The lowest BCUT2D eigenvalue weighted by Crippen LogP contribution is -2.39. The van der Waals surface area contributed by atoms with Gasteiger partial charge in [0.2, 0.25) is 5.91 Å². The number of carbonyl (C=O) groups excluding carboxylic acids is 1. The van der Waals surface area contributed by atoms with Crippen LogP contribution in [0.1, 0.15) is 12.0 Å². The first-order valence-corrected chi connectivity index (χ1v) is 7.10. The van der Waals surface area contributed by atoms with Crippen LogP contribution < -0.4 is 4.74 Å². The smallest absolute Gasteiger partial charge is 0.406 e. The first-order chi connectivity index (χ1) is 10.8. The van der Waals surface area contributed by atoms with Gasteiger partial charge in [0, 0.05) is 13.7 Å². The van der Waals surface area contributed by atoms with Crippen molar-refractivity contribution in [1.82, 2.24) is 4.90 Å². The van der Waals surface area contributed by atoms with Gasteiger partial charge >= 0.3 is 6.36 Å². The topological polar surface area (TPSA) is 59.0 Å². The minimum Gasteiger partial charge on any atom is -0.406 e. The summed E-state index contributed by atoms with van der Waals surface area (Å²) in [5.74, 6) is -0.532. The van der Waals surface area contributed by atoms with Crippen molar-refractivity contribution >= 4 is 5.91 Å². The van der Waals surface area contributed by atoms with Crippen molar-refractivity contribution < 1.29 is 32.5 Å². The zero-order valence-corrected chi connectivity index (χ0v) is 12.5. The Balaban J connectivity index is 1.97. The molecule has 2 rings (SSSR count). The second-order valence-electron chi connectivity index (χ2n) is 5.34. The highest BCUT2D eigenvalue weighted by atomic mass is 19.4. The SMILES string of the molecule is CO[C@@H]1C[C@@H](CO)N(C(=O)Cc2ccc(OC(F)(F)F)cc2)C1. The Bertz CT molecular complexity index is 533. The molecule has 1 N–H and O–H groups in total. The number of amides is 1. The summed E-state index contributed by atoms with van der Waals surface area (Å²) in [5.41, 5.74) is 0.571. The highest BCUT2D eigenvalue weighted by Gasteiger charge is 2.34. The highest BCUT2D eigenvalue weighted by Crippen LogP contribution is 2.24. The van der Waals surface area contributed by atoms with Gasteiger partial charge in [-0.05, 0) is 24.1 Å². The van der Waals surface area contributed by atoms with E-state index in [0.717, 1.165) is 0 Å². The van der Waals surface area contributed by atoms with Crippen LogP contribution in [0.15, 0.2) is 24.3 Å². The number of alkyl halides is 3. The molecule has 0 radical (unpaired) electrons. The molecule has 128 valence electrons. The Kier molecular flexibility index (Phi) is 5.48. The summed E-state index contributed by atoms with van der Waals surface area (Å²) in [6.07, 6.45) is -4.24. The summed E-state index contributed by atoms with van der Waals surface area (Å²) in [5, 5.41) is 9.34. The molecule has 2 atom stereocenters. The molecule has 0 spiro atoms. The Hall–Kier alpha value is -1.80. The fourth-order valence-electron chi connectivity index (χ4n) is 2.61. The van der Waals surface area contributed by atoms with Gasteiger partial charge in [-0.15, -0.1) is 13.2 Å². The van der Waals surface area contributed by atoms with E-state index >= 15 is 0 Å². The van der Waals surface area contributed by atoms with Gasteiger partial charge in [-0.1, -0.05) is 12.1 Å². The van der Waals surface area contributed by atoms with Gasteiger partial charge in [0.25, 0.3) is 0 Å². The van der Waals surface area contributed by atoms with Gasteiger partial charge in [0.15, 0.2) is 0 Å². The number of likely N-dealkylation sites (tertiary alicyclic amines) is 1. The van der Waals surface area contributed by atoms with Crippen molar-refractivity contribution in [3.63, 3.8) is 0 Å². The molecule has 1 aliphatic rings. The zero-order valence-electron chi connectivity index (χ0n) is 12.5. The van der Waals surface area contributed by atoms with Crippen LogP contribution in [0.5, 0.6) is 5.75 Å². The number of aliphatic hydroxyl groups is 1. The molecule has 1 aliphatic heterocycles. The lowest BCUT2D eigenvalue weighted by molar-refractivity contribution is -0.274. The highest BCUT2D eigenvalue weighted by molar-refractivity contribution is 5.79. The van der Waals surface area contributed by atoms with Crippen molar-refractivity contribution in [2.75, 3.05) is 20.3 Å². The van der Waals surface area contributed by atoms with Crippen LogP contribution in [0, 0.1) is 0 Å². The second kappa shape index (κ2) is 7.18. The fourth-order valence-corrected chi connectivity index (χ4v) is 2.61. The number of carbonyl (C=O) groups is 1. The van der Waals surface area contributed by atoms with Gasteiger partial charge in [-0.25, -0.2) is 0 Å². The third-order valence-electron chi connectivity index (χ3n) is 3.75. The number of aliphatic hydroxyl groups excluding tert-OH is 1. The van der Waals surface area contributed by atoms with Gasteiger partial charge in [0.1, 0.15) is 5.75 Å². The molecule has 23 heavy (non-hydrogen) atoms. The first kappa shape index (κ1) is 17.6. The second-order valence-corrected chi connectivity index (χ2v) is 5.34. The van der Waals surface area contributed by atoms with Crippen molar-refractivity contribution in [3.05, 3.63) is 29.8 Å². The van der Waals surface area contributed by atoms with Gasteiger partial charge in [0.05, 0.1) is 25.2 Å². The summed E-state index contributed by atoms with van der Waals surface area (Å²) in [6.45, 7) is 0.250. The average molecular weight is 333 g/mol. The van der Waals surface area contributed by atoms with E-state index in [1.54, 1.807) is 12.0 Å².